The molecule has 0 saturated heterocycles. The molecule has 0 amide bonds. The number of benzene rings is 1. The van der Waals surface area contributed by atoms with E-state index in [0.29, 0.717) is 32.3 Å². The van der Waals surface area contributed by atoms with Gasteiger partial charge >= 0.3 is 5.97 Å². The number of ketones is 1. The Morgan fingerprint density at radius 2 is 2.07 bits per heavy atom. The Bertz CT molecular complexity index is 754. The van der Waals surface area contributed by atoms with Gasteiger partial charge in [-0.05, 0) is 30.4 Å². The van der Waals surface area contributed by atoms with Gasteiger partial charge in [0.25, 0.3) is 0 Å². The molecule has 0 unspecified atom stereocenters. The Hall–Kier alpha value is -2.28. The molecule has 0 aliphatic heterocycles. The number of aliphatic hydroxyl groups is 2. The molecule has 0 radical (unpaired) electrons. The number of unbranched alkanes of at least 4 members (excludes halogenated alkanes) is 1. The van der Waals surface area contributed by atoms with Crippen molar-refractivity contribution in [1.82, 2.24) is 0 Å². The standard InChI is InChI=1S/C24H32O6/c1-30-16-18-8-6-7-17(13-18)14-19(25)11-12-21-20(22(26)15-23(21)27)9-4-2-3-5-10-24(28)29/h2,4,6-8,11-13,19-21,23,25,27H,3,5,9-10,14-16H2,1H3,(H,28,29)/b4-2-,12-11+/t19-,20-,21-,23-/m1/s1. The van der Waals surface area contributed by atoms with Crippen molar-refractivity contribution >= 4 is 11.8 Å². The van der Waals surface area contributed by atoms with Gasteiger partial charge in [0, 0.05) is 38.2 Å². The van der Waals surface area contributed by atoms with Gasteiger partial charge < -0.3 is 20.1 Å². The fourth-order valence-corrected chi connectivity index (χ4v) is 3.84. The van der Waals surface area contributed by atoms with E-state index in [1.165, 1.54) is 0 Å². The average Bonchev–Trinajstić information content (AvgIpc) is 2.95. The summed E-state index contributed by atoms with van der Waals surface area (Å²) >= 11 is 0. The number of rotatable bonds is 12. The van der Waals surface area contributed by atoms with Crippen LogP contribution in [0.25, 0.3) is 0 Å². The number of ether oxygens (including phenoxy) is 1. The minimum atomic E-state index is -0.813. The summed E-state index contributed by atoms with van der Waals surface area (Å²) in [5, 5.41) is 29.3. The molecule has 1 aromatic rings. The van der Waals surface area contributed by atoms with E-state index >= 15 is 0 Å². The van der Waals surface area contributed by atoms with Crippen LogP contribution in [0.4, 0.5) is 0 Å². The van der Waals surface area contributed by atoms with Crippen LogP contribution in [0.1, 0.15) is 43.2 Å². The Morgan fingerprint density at radius 1 is 1.30 bits per heavy atom. The van der Waals surface area contributed by atoms with Crippen molar-refractivity contribution in [1.29, 1.82) is 0 Å². The van der Waals surface area contributed by atoms with E-state index in [2.05, 4.69) is 0 Å². The molecule has 1 aliphatic carbocycles. The lowest BCUT2D eigenvalue weighted by Crippen LogP contribution is -2.19. The molecule has 2 rings (SSSR count). The second-order valence-electron chi connectivity index (χ2n) is 7.82. The fraction of sp³-hybridized carbons (Fsp3) is 0.500. The molecule has 30 heavy (non-hydrogen) atoms. The first-order valence-corrected chi connectivity index (χ1v) is 10.4. The molecule has 0 spiro atoms. The van der Waals surface area contributed by atoms with Crippen molar-refractivity contribution in [3.63, 3.8) is 0 Å². The average molecular weight is 417 g/mol. The molecular weight excluding hydrogens is 384 g/mol. The summed E-state index contributed by atoms with van der Waals surface area (Å²) < 4.78 is 5.13. The van der Waals surface area contributed by atoms with E-state index in [1.54, 1.807) is 19.3 Å². The van der Waals surface area contributed by atoms with E-state index in [1.807, 2.05) is 36.4 Å². The van der Waals surface area contributed by atoms with Gasteiger partial charge in [0.1, 0.15) is 5.78 Å². The van der Waals surface area contributed by atoms with Gasteiger partial charge in [-0.25, -0.2) is 0 Å². The van der Waals surface area contributed by atoms with Crippen LogP contribution in [0.3, 0.4) is 0 Å². The molecule has 4 atom stereocenters. The lowest BCUT2D eigenvalue weighted by molar-refractivity contribution is -0.137. The number of carbonyl (C=O) groups is 2. The van der Waals surface area contributed by atoms with E-state index in [9.17, 15) is 19.8 Å². The molecule has 6 heteroatoms. The van der Waals surface area contributed by atoms with E-state index in [0.717, 1.165) is 11.1 Å². The molecule has 164 valence electrons. The van der Waals surface area contributed by atoms with Crippen LogP contribution in [0, 0.1) is 11.8 Å². The molecular formula is C24H32O6. The molecule has 0 heterocycles. The van der Waals surface area contributed by atoms with Crippen LogP contribution in [0.5, 0.6) is 0 Å². The molecule has 1 aromatic carbocycles. The van der Waals surface area contributed by atoms with Gasteiger partial charge in [-0.3, -0.25) is 9.59 Å². The minimum absolute atomic E-state index is 0.0223. The Balaban J connectivity index is 1.90. The summed E-state index contributed by atoms with van der Waals surface area (Å²) in [5.74, 6) is -1.43. The van der Waals surface area contributed by atoms with Gasteiger partial charge in [0.15, 0.2) is 0 Å². The van der Waals surface area contributed by atoms with Gasteiger partial charge in [-0.15, -0.1) is 0 Å². The van der Waals surface area contributed by atoms with Crippen molar-refractivity contribution in [2.24, 2.45) is 11.8 Å². The molecule has 1 aliphatic rings. The predicted octanol–water partition coefficient (Wildman–Crippen LogP) is 3.06. The summed E-state index contributed by atoms with van der Waals surface area (Å²) in [6.07, 6.45) is 8.18. The zero-order chi connectivity index (χ0) is 21.9. The quantitative estimate of drug-likeness (QED) is 0.357. The third-order valence-corrected chi connectivity index (χ3v) is 5.35. The predicted molar refractivity (Wildman–Crippen MR) is 114 cm³/mol. The number of aliphatic carboxylic acids is 1. The summed E-state index contributed by atoms with van der Waals surface area (Å²) in [4.78, 5) is 22.8. The number of hydrogen-bond donors (Lipinski definition) is 3. The Labute approximate surface area is 177 Å². The highest BCUT2D eigenvalue weighted by atomic mass is 16.5. The van der Waals surface area contributed by atoms with Crippen molar-refractivity contribution in [2.45, 2.75) is 57.3 Å². The van der Waals surface area contributed by atoms with Crippen molar-refractivity contribution in [2.75, 3.05) is 7.11 Å². The summed E-state index contributed by atoms with van der Waals surface area (Å²) in [5.41, 5.74) is 2.03. The number of allylic oxidation sites excluding steroid dienone is 2. The SMILES string of the molecule is COCc1cccc(C[C@H](O)/C=C/[C@H]2[C@H](O)CC(=O)[C@@H]2C/C=C\CCCC(=O)O)c1. The maximum Gasteiger partial charge on any atom is 0.303 e. The molecule has 6 nitrogen and oxygen atoms in total. The highest BCUT2D eigenvalue weighted by Gasteiger charge is 2.39. The van der Waals surface area contributed by atoms with Crippen molar-refractivity contribution in [3.8, 4) is 0 Å². The first-order chi connectivity index (χ1) is 14.4. The number of carboxylic acid groups (broad SMARTS) is 1. The van der Waals surface area contributed by atoms with Crippen LogP contribution in [-0.2, 0) is 27.4 Å². The van der Waals surface area contributed by atoms with Crippen molar-refractivity contribution < 1.29 is 29.6 Å². The zero-order valence-electron chi connectivity index (χ0n) is 17.4. The highest BCUT2D eigenvalue weighted by molar-refractivity contribution is 5.84. The topological polar surface area (TPSA) is 104 Å². The van der Waals surface area contributed by atoms with Crippen LogP contribution >= 0.6 is 0 Å². The highest BCUT2D eigenvalue weighted by Crippen LogP contribution is 2.33. The number of Topliss-reactive ketones (excluding diaryl/α,β-unsaturated/α-hetero) is 1. The Morgan fingerprint density at radius 3 is 2.80 bits per heavy atom. The van der Waals surface area contributed by atoms with Gasteiger partial charge in [-0.2, -0.15) is 0 Å². The monoisotopic (exact) mass is 416 g/mol. The second-order valence-corrected chi connectivity index (χ2v) is 7.82. The third kappa shape index (κ3) is 7.86. The number of hydrogen-bond acceptors (Lipinski definition) is 5. The Kier molecular flexibility index (Phi) is 9.94. The first-order valence-electron chi connectivity index (χ1n) is 10.4. The van der Waals surface area contributed by atoms with Crippen LogP contribution in [0.15, 0.2) is 48.6 Å². The third-order valence-electron chi connectivity index (χ3n) is 5.35. The van der Waals surface area contributed by atoms with Crippen LogP contribution in [-0.4, -0.2) is 46.4 Å². The number of methoxy groups -OCH3 is 1. The van der Waals surface area contributed by atoms with Gasteiger partial charge in [0.2, 0.25) is 0 Å². The summed E-state index contributed by atoms with van der Waals surface area (Å²) in [6, 6.07) is 7.84. The number of carboxylic acids is 1. The van der Waals surface area contributed by atoms with E-state index < -0.39 is 18.2 Å². The summed E-state index contributed by atoms with van der Waals surface area (Å²) in [7, 11) is 1.64. The lowest BCUT2D eigenvalue weighted by Gasteiger charge is -2.17. The van der Waals surface area contributed by atoms with E-state index in [-0.39, 0.29) is 30.5 Å². The molecule has 3 N–H and O–H groups in total. The number of aliphatic hydroxyl groups excluding tert-OH is 2. The second kappa shape index (κ2) is 12.4. The first kappa shape index (κ1) is 24.0. The molecule has 1 fully saturated rings. The lowest BCUT2D eigenvalue weighted by atomic mass is 9.90. The smallest absolute Gasteiger partial charge is 0.303 e. The summed E-state index contributed by atoms with van der Waals surface area (Å²) in [6.45, 7) is 0.516. The van der Waals surface area contributed by atoms with Crippen molar-refractivity contribution in [3.05, 3.63) is 59.7 Å². The van der Waals surface area contributed by atoms with Crippen LogP contribution in [0.2, 0.25) is 0 Å². The maximum atomic E-state index is 12.3. The maximum absolute atomic E-state index is 12.3. The zero-order valence-corrected chi connectivity index (χ0v) is 17.4. The molecule has 0 bridgehead atoms. The van der Waals surface area contributed by atoms with Gasteiger partial charge in [-0.1, -0.05) is 48.6 Å². The van der Waals surface area contributed by atoms with Crippen LogP contribution < -0.4 is 0 Å². The fourth-order valence-electron chi connectivity index (χ4n) is 3.84. The molecule has 1 saturated carbocycles. The largest absolute Gasteiger partial charge is 0.481 e. The van der Waals surface area contributed by atoms with E-state index in [4.69, 9.17) is 9.84 Å². The number of carbonyl (C=O) groups excluding carboxylic acids is 1. The molecule has 0 aromatic heterocycles. The van der Waals surface area contributed by atoms with Gasteiger partial charge in [0.05, 0.1) is 18.8 Å². The normalized spacial score (nSPS) is 22.9. The minimum Gasteiger partial charge on any atom is -0.481 e.